The molecule has 2 aromatic rings. The van der Waals surface area contributed by atoms with E-state index >= 15 is 0 Å². The van der Waals surface area contributed by atoms with Crippen molar-refractivity contribution in [1.29, 1.82) is 0 Å². The highest BCUT2D eigenvalue weighted by Crippen LogP contribution is 2.36. The molecule has 0 atom stereocenters. The van der Waals surface area contributed by atoms with Crippen LogP contribution in [0.4, 0.5) is 5.69 Å². The van der Waals surface area contributed by atoms with Crippen LogP contribution in [0.25, 0.3) is 10.8 Å². The third kappa shape index (κ3) is 4.55. The Labute approximate surface area is 183 Å². The van der Waals surface area contributed by atoms with Crippen molar-refractivity contribution in [3.63, 3.8) is 0 Å². The lowest BCUT2D eigenvalue weighted by atomic mass is 10.1. The maximum absolute atomic E-state index is 5.92. The van der Waals surface area contributed by atoms with Gasteiger partial charge in [0.2, 0.25) is 0 Å². The zero-order valence-electron chi connectivity index (χ0n) is 17.6. The Hall–Kier alpha value is -2.70. The lowest BCUT2D eigenvalue weighted by Crippen LogP contribution is -2.36. The maximum Gasteiger partial charge on any atom is 0.109 e. The molecule has 0 aromatic heterocycles. The van der Waals surface area contributed by atoms with Crippen molar-refractivity contribution < 1.29 is 4.74 Å². The maximum atomic E-state index is 5.92. The summed E-state index contributed by atoms with van der Waals surface area (Å²) in [6.07, 6.45) is 5.90. The molecular formula is C24H28N4OS. The average Bonchev–Trinajstić information content (AvgIpc) is 3.18. The number of rotatable bonds is 5. The van der Waals surface area contributed by atoms with Gasteiger partial charge in [-0.3, -0.25) is 0 Å². The third-order valence-corrected chi connectivity index (χ3v) is 5.80. The van der Waals surface area contributed by atoms with E-state index in [2.05, 4.69) is 63.9 Å². The van der Waals surface area contributed by atoms with Crippen LogP contribution in [-0.4, -0.2) is 61.5 Å². The van der Waals surface area contributed by atoms with Crippen LogP contribution < -0.4 is 5.32 Å². The summed E-state index contributed by atoms with van der Waals surface area (Å²) >= 11 is 5.92. The van der Waals surface area contributed by atoms with E-state index in [1.807, 2.05) is 20.3 Å². The zero-order chi connectivity index (χ0) is 20.9. The van der Waals surface area contributed by atoms with Crippen molar-refractivity contribution in [2.75, 3.05) is 45.7 Å². The number of allylic oxidation sites excluding steroid dienone is 2. The van der Waals surface area contributed by atoms with Crippen molar-refractivity contribution in [3.05, 3.63) is 65.4 Å². The molecule has 0 radical (unpaired) electrons. The highest BCUT2D eigenvalue weighted by atomic mass is 32.1. The summed E-state index contributed by atoms with van der Waals surface area (Å²) in [6, 6.07) is 14.7. The highest BCUT2D eigenvalue weighted by Gasteiger charge is 2.28. The van der Waals surface area contributed by atoms with Gasteiger partial charge >= 0.3 is 0 Å². The number of thiocarbonyl (C=S) groups is 1. The highest BCUT2D eigenvalue weighted by molar-refractivity contribution is 7.81. The number of hydrogen-bond donors (Lipinski definition) is 1. The van der Waals surface area contributed by atoms with Crippen LogP contribution in [0, 0.1) is 0 Å². The number of hydrazone groups is 1. The molecule has 6 heteroatoms. The molecular weight excluding hydrogens is 392 g/mol. The number of fused-ring (bicyclic) bond motifs is 1. The molecule has 2 aliphatic rings. The molecule has 0 spiro atoms. The fourth-order valence-corrected chi connectivity index (χ4v) is 4.35. The van der Waals surface area contributed by atoms with Crippen LogP contribution in [0.3, 0.4) is 0 Å². The molecule has 4 rings (SSSR count). The van der Waals surface area contributed by atoms with E-state index in [-0.39, 0.29) is 0 Å². The topological polar surface area (TPSA) is 40.1 Å². The summed E-state index contributed by atoms with van der Waals surface area (Å²) in [5.74, 6) is 0. The summed E-state index contributed by atoms with van der Waals surface area (Å²) < 4.78 is 5.58. The van der Waals surface area contributed by atoms with Gasteiger partial charge in [0.1, 0.15) is 4.99 Å². The predicted molar refractivity (Wildman–Crippen MR) is 129 cm³/mol. The number of anilines is 1. The second-order valence-corrected chi connectivity index (χ2v) is 8.12. The van der Waals surface area contributed by atoms with Crippen LogP contribution in [0.1, 0.15) is 12.8 Å². The molecule has 0 saturated carbocycles. The van der Waals surface area contributed by atoms with Gasteiger partial charge in [-0.15, -0.1) is 0 Å². The molecule has 1 aliphatic carbocycles. The van der Waals surface area contributed by atoms with E-state index in [9.17, 15) is 0 Å². The van der Waals surface area contributed by atoms with Crippen molar-refractivity contribution >= 4 is 39.9 Å². The van der Waals surface area contributed by atoms with E-state index in [0.29, 0.717) is 0 Å². The lowest BCUT2D eigenvalue weighted by molar-refractivity contribution is 0.0548. The summed E-state index contributed by atoms with van der Waals surface area (Å²) in [6.45, 7) is 3.27. The van der Waals surface area contributed by atoms with E-state index in [0.717, 1.165) is 49.8 Å². The molecule has 1 fully saturated rings. The predicted octanol–water partition coefficient (Wildman–Crippen LogP) is 4.43. The van der Waals surface area contributed by atoms with Gasteiger partial charge in [0.25, 0.3) is 0 Å². The largest absolute Gasteiger partial charge is 0.378 e. The monoisotopic (exact) mass is 420 g/mol. The molecule has 0 unspecified atom stereocenters. The molecule has 0 amide bonds. The number of morpholine rings is 1. The Bertz CT molecular complexity index is 1010. The quantitative estimate of drug-likeness (QED) is 0.440. The molecule has 0 bridgehead atoms. The molecule has 1 saturated heterocycles. The molecule has 156 valence electrons. The second kappa shape index (κ2) is 9.41. The first-order valence-electron chi connectivity index (χ1n) is 10.4. The number of nitrogens with zero attached hydrogens (tertiary/aromatic N) is 3. The number of hydrogen-bond acceptors (Lipinski definition) is 5. The van der Waals surface area contributed by atoms with E-state index in [1.54, 1.807) is 5.01 Å². The van der Waals surface area contributed by atoms with Gasteiger partial charge in [-0.05, 0) is 35.9 Å². The summed E-state index contributed by atoms with van der Waals surface area (Å²) in [5.41, 5.74) is 4.81. The van der Waals surface area contributed by atoms with Gasteiger partial charge in [-0.2, -0.15) is 5.10 Å². The first kappa shape index (κ1) is 20.6. The average molecular weight is 421 g/mol. The lowest BCUT2D eigenvalue weighted by Gasteiger charge is -2.32. The summed E-state index contributed by atoms with van der Waals surface area (Å²) in [7, 11) is 3.86. The Morgan fingerprint density at radius 2 is 1.87 bits per heavy atom. The van der Waals surface area contributed by atoms with Crippen LogP contribution >= 0.6 is 12.2 Å². The Morgan fingerprint density at radius 1 is 1.10 bits per heavy atom. The van der Waals surface area contributed by atoms with Gasteiger partial charge < -0.3 is 20.0 Å². The van der Waals surface area contributed by atoms with Gasteiger partial charge in [0.15, 0.2) is 0 Å². The zero-order valence-corrected chi connectivity index (χ0v) is 18.4. The fraction of sp³-hybridized carbons (Fsp3) is 0.333. The van der Waals surface area contributed by atoms with Gasteiger partial charge in [-0.25, -0.2) is 0 Å². The van der Waals surface area contributed by atoms with Crippen molar-refractivity contribution in [3.8, 4) is 0 Å². The Morgan fingerprint density at radius 3 is 2.67 bits per heavy atom. The molecule has 5 nitrogen and oxygen atoms in total. The van der Waals surface area contributed by atoms with Gasteiger partial charge in [0.05, 0.1) is 13.2 Å². The first-order chi connectivity index (χ1) is 14.6. The normalized spacial score (nSPS) is 18.6. The molecule has 2 aromatic carbocycles. The number of nitrogens with one attached hydrogen (secondary N) is 1. The fourth-order valence-electron chi connectivity index (χ4n) is 4.04. The minimum Gasteiger partial charge on any atom is -0.378 e. The SMILES string of the molecule is CN(C)/N=C\C=C1/CCC(C(=S)Nc2cccc3ccccc23)=C1N1CCOCC1. The van der Waals surface area contributed by atoms with E-state index < -0.39 is 0 Å². The minimum atomic E-state index is 0.749. The van der Waals surface area contributed by atoms with E-state index in [1.165, 1.54) is 27.6 Å². The Kier molecular flexibility index (Phi) is 6.45. The first-order valence-corrected chi connectivity index (χ1v) is 10.8. The molecule has 1 heterocycles. The standard InChI is InChI=1S/C24H28N4OS/c1-27(2)25-13-12-19-10-11-21(23(19)28-14-16-29-17-15-28)24(30)26-22-9-5-7-18-6-3-4-8-20(18)22/h3-9,12-13H,10-11,14-17H2,1-2H3,(H,26,30)/b19-12+,25-13-. The number of ether oxygens (including phenoxy) is 1. The van der Waals surface area contributed by atoms with Crippen LogP contribution in [0.2, 0.25) is 0 Å². The van der Waals surface area contributed by atoms with Crippen molar-refractivity contribution in [2.24, 2.45) is 5.10 Å². The van der Waals surface area contributed by atoms with Crippen LogP contribution in [0.15, 0.2) is 70.5 Å². The van der Waals surface area contributed by atoms with E-state index in [4.69, 9.17) is 17.0 Å². The van der Waals surface area contributed by atoms with Crippen molar-refractivity contribution in [1.82, 2.24) is 9.91 Å². The molecule has 1 N–H and O–H groups in total. The second-order valence-electron chi connectivity index (χ2n) is 7.71. The number of benzene rings is 2. The Balaban J connectivity index is 1.66. The third-order valence-electron chi connectivity index (χ3n) is 5.45. The smallest absolute Gasteiger partial charge is 0.109 e. The summed E-state index contributed by atoms with van der Waals surface area (Å²) in [4.78, 5) is 3.22. The minimum absolute atomic E-state index is 0.749. The van der Waals surface area contributed by atoms with Gasteiger partial charge in [0, 0.05) is 55.7 Å². The molecule has 1 aliphatic heterocycles. The molecule has 30 heavy (non-hydrogen) atoms. The van der Waals surface area contributed by atoms with Crippen LogP contribution in [0.5, 0.6) is 0 Å². The van der Waals surface area contributed by atoms with Crippen LogP contribution in [-0.2, 0) is 4.74 Å². The van der Waals surface area contributed by atoms with Crippen molar-refractivity contribution in [2.45, 2.75) is 12.8 Å². The van der Waals surface area contributed by atoms with Gasteiger partial charge in [-0.1, -0.05) is 48.6 Å². The summed E-state index contributed by atoms with van der Waals surface area (Å²) in [5, 5.41) is 12.1.